The van der Waals surface area contributed by atoms with Gasteiger partial charge in [0.25, 0.3) is 5.91 Å². The number of rotatable bonds is 6. The molecule has 3 aromatic rings. The van der Waals surface area contributed by atoms with Crippen LogP contribution in [-0.2, 0) is 11.3 Å². The van der Waals surface area contributed by atoms with Crippen molar-refractivity contribution in [2.45, 2.75) is 6.54 Å². The molecule has 172 valence electrons. The van der Waals surface area contributed by atoms with Gasteiger partial charge < -0.3 is 14.9 Å². The van der Waals surface area contributed by atoms with E-state index in [-0.39, 0.29) is 23.8 Å². The predicted molar refractivity (Wildman–Crippen MR) is 140 cm³/mol. The summed E-state index contributed by atoms with van der Waals surface area (Å²) < 4.78 is 5.88. The normalized spacial score (nSPS) is 15.8. The number of aromatic hydroxyl groups is 1. The summed E-state index contributed by atoms with van der Waals surface area (Å²) in [6.45, 7) is 0.241. The monoisotopic (exact) mass is 586 g/mol. The maximum Gasteiger partial charge on any atom is 0.335 e. The fourth-order valence-electron chi connectivity index (χ4n) is 3.20. The molecule has 0 spiro atoms. The molecule has 0 aliphatic carbocycles. The van der Waals surface area contributed by atoms with Crippen molar-refractivity contribution < 1.29 is 24.5 Å². The van der Waals surface area contributed by atoms with Gasteiger partial charge in [-0.3, -0.25) is 9.69 Å². The molecular weight excluding hydrogens is 567 g/mol. The first-order valence-electron chi connectivity index (χ1n) is 10.1. The van der Waals surface area contributed by atoms with E-state index >= 15 is 0 Å². The highest BCUT2D eigenvalue weighted by Gasteiger charge is 2.33. The van der Waals surface area contributed by atoms with Crippen molar-refractivity contribution in [1.82, 2.24) is 4.90 Å². The Kier molecular flexibility index (Phi) is 7.23. The van der Waals surface area contributed by atoms with Crippen molar-refractivity contribution in [3.05, 3.63) is 91.9 Å². The molecule has 1 saturated heterocycles. The molecule has 1 fully saturated rings. The second-order valence-electron chi connectivity index (χ2n) is 7.31. The molecule has 0 bridgehead atoms. The van der Waals surface area contributed by atoms with Gasteiger partial charge in [-0.05, 0) is 100 Å². The number of aromatic carboxylic acids is 1. The number of hydrogen-bond donors (Lipinski definition) is 2. The van der Waals surface area contributed by atoms with E-state index < -0.39 is 5.97 Å². The molecular formula is C25H19IN2O5S. The van der Waals surface area contributed by atoms with Crippen LogP contribution in [0.5, 0.6) is 11.5 Å². The SMILES string of the molecule is COc1ccc(N=C2S/C(=C\c3ccc(O)c(I)c3)C(=O)N2Cc2ccc(C(=O)O)cc2)cc1. The van der Waals surface area contributed by atoms with E-state index in [1.54, 1.807) is 72.7 Å². The molecule has 9 heteroatoms. The molecule has 0 unspecified atom stereocenters. The summed E-state index contributed by atoms with van der Waals surface area (Å²) in [7, 11) is 1.59. The first-order valence-corrected chi connectivity index (χ1v) is 12.0. The van der Waals surface area contributed by atoms with Crippen molar-refractivity contribution in [2.24, 2.45) is 4.99 Å². The number of hydrogen-bond acceptors (Lipinski definition) is 6. The molecule has 34 heavy (non-hydrogen) atoms. The highest BCUT2D eigenvalue weighted by Crippen LogP contribution is 2.36. The van der Waals surface area contributed by atoms with Gasteiger partial charge in [0.15, 0.2) is 5.17 Å². The predicted octanol–water partition coefficient (Wildman–Crippen LogP) is 5.51. The van der Waals surface area contributed by atoms with Gasteiger partial charge in [-0.2, -0.15) is 0 Å². The Hall–Kier alpha value is -3.31. The Morgan fingerprint density at radius 1 is 1.12 bits per heavy atom. The van der Waals surface area contributed by atoms with Gasteiger partial charge in [-0.15, -0.1) is 0 Å². The van der Waals surface area contributed by atoms with Crippen molar-refractivity contribution in [1.29, 1.82) is 0 Å². The molecule has 0 radical (unpaired) electrons. The van der Waals surface area contributed by atoms with E-state index in [2.05, 4.69) is 4.99 Å². The number of carbonyl (C=O) groups excluding carboxylic acids is 1. The molecule has 1 aliphatic heterocycles. The van der Waals surface area contributed by atoms with Gasteiger partial charge in [-0.1, -0.05) is 18.2 Å². The Bertz CT molecular complexity index is 1300. The molecule has 1 amide bonds. The van der Waals surface area contributed by atoms with Crippen LogP contribution in [0.15, 0.2) is 76.6 Å². The minimum absolute atomic E-state index is 0.181. The lowest BCUT2D eigenvalue weighted by atomic mass is 10.1. The van der Waals surface area contributed by atoms with E-state index in [0.717, 1.165) is 11.1 Å². The van der Waals surface area contributed by atoms with Crippen molar-refractivity contribution in [2.75, 3.05) is 7.11 Å². The Balaban J connectivity index is 1.68. The maximum absolute atomic E-state index is 13.3. The second-order valence-corrected chi connectivity index (χ2v) is 9.48. The minimum atomic E-state index is -1.00. The summed E-state index contributed by atoms with van der Waals surface area (Å²) >= 11 is 3.30. The largest absolute Gasteiger partial charge is 0.507 e. The summed E-state index contributed by atoms with van der Waals surface area (Å²) in [5.41, 5.74) is 2.42. The number of halogens is 1. The summed E-state index contributed by atoms with van der Waals surface area (Å²) in [4.78, 5) is 31.2. The molecule has 2 N–H and O–H groups in total. The van der Waals surface area contributed by atoms with Crippen LogP contribution < -0.4 is 4.74 Å². The summed E-state index contributed by atoms with van der Waals surface area (Å²) in [6, 6.07) is 18.7. The lowest BCUT2D eigenvalue weighted by molar-refractivity contribution is -0.122. The van der Waals surface area contributed by atoms with Gasteiger partial charge >= 0.3 is 5.97 Å². The highest BCUT2D eigenvalue weighted by atomic mass is 127. The number of benzene rings is 3. The van der Waals surface area contributed by atoms with Crippen LogP contribution in [0.4, 0.5) is 5.69 Å². The molecule has 7 nitrogen and oxygen atoms in total. The molecule has 1 heterocycles. The van der Waals surface area contributed by atoms with Gasteiger partial charge in [-0.25, -0.2) is 9.79 Å². The van der Waals surface area contributed by atoms with Crippen LogP contribution >= 0.6 is 34.4 Å². The smallest absolute Gasteiger partial charge is 0.335 e. The van der Waals surface area contributed by atoms with Crippen LogP contribution in [0.25, 0.3) is 6.08 Å². The number of nitrogens with zero attached hydrogens (tertiary/aromatic N) is 2. The highest BCUT2D eigenvalue weighted by molar-refractivity contribution is 14.1. The van der Waals surface area contributed by atoms with Crippen LogP contribution in [0.3, 0.4) is 0 Å². The second kappa shape index (κ2) is 10.3. The first kappa shape index (κ1) is 23.8. The first-order chi connectivity index (χ1) is 16.3. The third kappa shape index (κ3) is 5.42. The van der Waals surface area contributed by atoms with E-state index in [1.165, 1.54) is 23.9 Å². The summed E-state index contributed by atoms with van der Waals surface area (Å²) in [6.07, 6.45) is 1.77. The lowest BCUT2D eigenvalue weighted by Crippen LogP contribution is -2.28. The topological polar surface area (TPSA) is 99.4 Å². The molecule has 4 rings (SSSR count). The molecule has 1 aliphatic rings. The number of phenolic OH excluding ortho intramolecular Hbond substituents is 1. The minimum Gasteiger partial charge on any atom is -0.507 e. The zero-order valence-electron chi connectivity index (χ0n) is 17.9. The third-order valence-electron chi connectivity index (χ3n) is 5.00. The number of carbonyl (C=O) groups is 2. The molecule has 0 aromatic heterocycles. The Morgan fingerprint density at radius 2 is 1.82 bits per heavy atom. The van der Waals surface area contributed by atoms with Crippen LogP contribution in [0.1, 0.15) is 21.5 Å². The number of carboxylic acid groups (broad SMARTS) is 1. The molecule has 0 atom stereocenters. The Morgan fingerprint density at radius 3 is 2.44 bits per heavy atom. The van der Waals surface area contributed by atoms with Crippen molar-refractivity contribution in [3.8, 4) is 11.5 Å². The van der Waals surface area contributed by atoms with Crippen LogP contribution in [0, 0.1) is 3.57 Å². The quantitative estimate of drug-likeness (QED) is 0.292. The lowest BCUT2D eigenvalue weighted by Gasteiger charge is -2.16. The van der Waals surface area contributed by atoms with Gasteiger partial charge in [0.05, 0.1) is 33.4 Å². The number of amides is 1. The zero-order chi connectivity index (χ0) is 24.2. The average Bonchev–Trinajstić information content (AvgIpc) is 3.11. The van der Waals surface area contributed by atoms with Gasteiger partial charge in [0.2, 0.25) is 0 Å². The number of thioether (sulfide) groups is 1. The van der Waals surface area contributed by atoms with E-state index in [0.29, 0.717) is 25.1 Å². The fourth-order valence-corrected chi connectivity index (χ4v) is 4.73. The summed E-state index contributed by atoms with van der Waals surface area (Å²) in [5, 5.41) is 19.4. The Labute approximate surface area is 213 Å². The molecule has 3 aromatic carbocycles. The van der Waals surface area contributed by atoms with E-state index in [1.807, 2.05) is 22.6 Å². The number of aliphatic imine (C=N–C) groups is 1. The maximum atomic E-state index is 13.3. The number of ether oxygens (including phenoxy) is 1. The number of carboxylic acids is 1. The fraction of sp³-hybridized carbons (Fsp3) is 0.0800. The van der Waals surface area contributed by atoms with Crippen LogP contribution in [-0.4, -0.2) is 39.3 Å². The number of amidine groups is 1. The zero-order valence-corrected chi connectivity index (χ0v) is 20.9. The number of methoxy groups -OCH3 is 1. The van der Waals surface area contributed by atoms with Crippen molar-refractivity contribution in [3.63, 3.8) is 0 Å². The van der Waals surface area contributed by atoms with Crippen LogP contribution in [0.2, 0.25) is 0 Å². The summed E-state index contributed by atoms with van der Waals surface area (Å²) in [5.74, 6) is -0.323. The van der Waals surface area contributed by atoms with Gasteiger partial charge in [0.1, 0.15) is 11.5 Å². The standard InChI is InChI=1S/C25H19IN2O5S/c1-33-19-9-7-18(8-10-19)27-25-28(14-15-2-5-17(6-3-15)24(31)32)23(30)22(34-25)13-16-4-11-21(29)20(26)12-16/h2-13,29H,14H2,1H3,(H,31,32)/b22-13-,27-25?. The van der Waals surface area contributed by atoms with E-state index in [4.69, 9.17) is 9.84 Å². The number of phenols is 1. The average molecular weight is 586 g/mol. The van der Waals surface area contributed by atoms with E-state index in [9.17, 15) is 14.7 Å². The third-order valence-corrected chi connectivity index (χ3v) is 6.87. The van der Waals surface area contributed by atoms with Gasteiger partial charge in [0, 0.05) is 0 Å². The molecule has 0 saturated carbocycles. The van der Waals surface area contributed by atoms with Crippen molar-refractivity contribution >= 4 is 63.2 Å².